The first-order valence-electron chi connectivity index (χ1n) is 6.71. The Morgan fingerprint density at radius 1 is 1.00 bits per heavy atom. The highest BCUT2D eigenvalue weighted by Gasteiger charge is 2.42. The second-order valence-corrected chi connectivity index (χ2v) is 5.36. The van der Waals surface area contributed by atoms with E-state index in [4.69, 9.17) is 4.84 Å². The molecule has 2 heteroatoms. The molecule has 0 aliphatic carbocycles. The second-order valence-electron chi connectivity index (χ2n) is 5.36. The van der Waals surface area contributed by atoms with Crippen molar-refractivity contribution in [1.29, 1.82) is 0 Å². The van der Waals surface area contributed by atoms with E-state index in [-0.39, 0.29) is 5.60 Å². The number of hydrogen-bond donors (Lipinski definition) is 0. The predicted octanol–water partition coefficient (Wildman–Crippen LogP) is 3.91. The van der Waals surface area contributed by atoms with Crippen LogP contribution in [0.3, 0.4) is 0 Å². The van der Waals surface area contributed by atoms with Crippen LogP contribution in [0.1, 0.15) is 30.5 Å². The second kappa shape index (κ2) is 4.80. The fourth-order valence-electron chi connectivity index (χ4n) is 2.88. The molecule has 2 atom stereocenters. The van der Waals surface area contributed by atoms with E-state index in [2.05, 4.69) is 61.5 Å². The van der Waals surface area contributed by atoms with Gasteiger partial charge in [0.2, 0.25) is 0 Å². The minimum atomic E-state index is -0.240. The van der Waals surface area contributed by atoms with Crippen LogP contribution in [0.15, 0.2) is 60.7 Å². The molecule has 0 spiro atoms. The maximum absolute atomic E-state index is 6.14. The normalized spacial score (nSPS) is 27.6. The zero-order chi connectivity index (χ0) is 13.3. The minimum absolute atomic E-state index is 0.240. The molecule has 0 N–H and O–H groups in total. The van der Waals surface area contributed by atoms with Crippen molar-refractivity contribution in [2.24, 2.45) is 0 Å². The highest BCUT2D eigenvalue weighted by Crippen LogP contribution is 2.44. The van der Waals surface area contributed by atoms with Crippen LogP contribution in [-0.2, 0) is 10.4 Å². The first-order valence-corrected chi connectivity index (χ1v) is 6.71. The van der Waals surface area contributed by atoms with Crippen LogP contribution in [0.25, 0.3) is 0 Å². The Morgan fingerprint density at radius 2 is 1.58 bits per heavy atom. The van der Waals surface area contributed by atoms with Crippen molar-refractivity contribution in [2.45, 2.75) is 25.0 Å². The van der Waals surface area contributed by atoms with Crippen LogP contribution in [0.4, 0.5) is 0 Å². The van der Waals surface area contributed by atoms with E-state index in [0.717, 1.165) is 6.42 Å². The van der Waals surface area contributed by atoms with Crippen LogP contribution < -0.4 is 0 Å². The Labute approximate surface area is 114 Å². The molecular weight excluding hydrogens is 234 g/mol. The van der Waals surface area contributed by atoms with Gasteiger partial charge in [-0.3, -0.25) is 4.84 Å². The summed E-state index contributed by atoms with van der Waals surface area (Å²) < 4.78 is 0. The summed E-state index contributed by atoms with van der Waals surface area (Å²) in [5, 5.41) is 1.99. The van der Waals surface area contributed by atoms with Crippen LogP contribution in [0, 0.1) is 0 Å². The molecule has 19 heavy (non-hydrogen) atoms. The highest BCUT2D eigenvalue weighted by molar-refractivity contribution is 5.26. The lowest BCUT2D eigenvalue weighted by atomic mass is 9.88. The van der Waals surface area contributed by atoms with E-state index >= 15 is 0 Å². The van der Waals surface area contributed by atoms with Gasteiger partial charge in [-0.2, -0.15) is 5.06 Å². The van der Waals surface area contributed by atoms with Crippen molar-refractivity contribution in [1.82, 2.24) is 5.06 Å². The van der Waals surface area contributed by atoms with Gasteiger partial charge in [-0.1, -0.05) is 60.7 Å². The zero-order valence-electron chi connectivity index (χ0n) is 11.4. The molecule has 2 aromatic rings. The summed E-state index contributed by atoms with van der Waals surface area (Å²) in [4.78, 5) is 6.14. The maximum atomic E-state index is 6.14. The van der Waals surface area contributed by atoms with Gasteiger partial charge in [0.05, 0.1) is 6.04 Å². The molecule has 1 aliphatic rings. The highest BCUT2D eigenvalue weighted by atomic mass is 16.7. The smallest absolute Gasteiger partial charge is 0.114 e. The number of benzene rings is 2. The monoisotopic (exact) mass is 253 g/mol. The van der Waals surface area contributed by atoms with Gasteiger partial charge in [0.25, 0.3) is 0 Å². The van der Waals surface area contributed by atoms with E-state index in [1.807, 2.05) is 18.2 Å². The number of hydroxylamine groups is 2. The van der Waals surface area contributed by atoms with Gasteiger partial charge in [-0.25, -0.2) is 0 Å². The van der Waals surface area contributed by atoms with Crippen LogP contribution in [0.2, 0.25) is 0 Å². The summed E-state index contributed by atoms with van der Waals surface area (Å²) in [5.74, 6) is 0. The third-order valence-corrected chi connectivity index (χ3v) is 3.94. The fourth-order valence-corrected chi connectivity index (χ4v) is 2.88. The molecule has 1 heterocycles. The van der Waals surface area contributed by atoms with Crippen LogP contribution in [-0.4, -0.2) is 12.1 Å². The van der Waals surface area contributed by atoms with Crippen LogP contribution in [0.5, 0.6) is 0 Å². The average molecular weight is 253 g/mol. The average Bonchev–Trinajstić information content (AvgIpc) is 2.77. The van der Waals surface area contributed by atoms with E-state index in [1.54, 1.807) is 0 Å². The third-order valence-electron chi connectivity index (χ3n) is 3.94. The predicted molar refractivity (Wildman–Crippen MR) is 76.4 cm³/mol. The minimum Gasteiger partial charge on any atom is -0.288 e. The molecule has 0 amide bonds. The van der Waals surface area contributed by atoms with E-state index in [1.165, 1.54) is 11.1 Å². The van der Waals surface area contributed by atoms with E-state index in [9.17, 15) is 0 Å². The van der Waals surface area contributed by atoms with Gasteiger partial charge < -0.3 is 0 Å². The van der Waals surface area contributed by atoms with E-state index < -0.39 is 0 Å². The first kappa shape index (κ1) is 12.4. The molecule has 0 saturated carbocycles. The molecule has 1 fully saturated rings. The molecule has 3 rings (SSSR count). The lowest BCUT2D eigenvalue weighted by Gasteiger charge is -2.23. The molecule has 98 valence electrons. The largest absolute Gasteiger partial charge is 0.288 e. The first-order chi connectivity index (χ1) is 9.19. The molecule has 0 radical (unpaired) electrons. The fraction of sp³-hybridized carbons (Fsp3) is 0.294. The molecule has 0 bridgehead atoms. The van der Waals surface area contributed by atoms with Gasteiger partial charge in [0, 0.05) is 13.5 Å². The summed E-state index contributed by atoms with van der Waals surface area (Å²) in [6.07, 6.45) is 0.970. The Balaban J connectivity index is 1.90. The van der Waals surface area contributed by atoms with E-state index in [0.29, 0.717) is 6.04 Å². The summed E-state index contributed by atoms with van der Waals surface area (Å²) >= 11 is 0. The standard InChI is InChI=1S/C17H19NO/c1-17(15-11-7-4-8-12-15)13-16(18(2)19-17)14-9-5-3-6-10-14/h3-12,16H,13H2,1-2H3/t16-,17+/m0/s1. The Bertz CT molecular complexity index is 540. The van der Waals surface area contributed by atoms with Crippen molar-refractivity contribution in [3.63, 3.8) is 0 Å². The van der Waals surface area contributed by atoms with Gasteiger partial charge in [0.15, 0.2) is 0 Å². The number of nitrogens with zero attached hydrogens (tertiary/aromatic N) is 1. The number of rotatable bonds is 2. The Morgan fingerprint density at radius 3 is 2.21 bits per heavy atom. The maximum Gasteiger partial charge on any atom is 0.114 e. The lowest BCUT2D eigenvalue weighted by Crippen LogP contribution is -2.23. The number of hydrogen-bond acceptors (Lipinski definition) is 2. The van der Waals surface area contributed by atoms with Crippen molar-refractivity contribution < 1.29 is 4.84 Å². The molecule has 2 nitrogen and oxygen atoms in total. The quantitative estimate of drug-likeness (QED) is 0.804. The molecule has 2 aromatic carbocycles. The SMILES string of the molecule is CN1O[C@@](C)(c2ccccc2)C[C@H]1c1ccccc1. The van der Waals surface area contributed by atoms with Crippen molar-refractivity contribution in [2.75, 3.05) is 7.05 Å². The van der Waals surface area contributed by atoms with Crippen molar-refractivity contribution in [3.05, 3.63) is 71.8 Å². The molecule has 1 saturated heterocycles. The van der Waals surface area contributed by atoms with Crippen LogP contribution >= 0.6 is 0 Å². The van der Waals surface area contributed by atoms with Gasteiger partial charge in [-0.15, -0.1) is 0 Å². The summed E-state index contributed by atoms with van der Waals surface area (Å²) in [5.41, 5.74) is 2.31. The Hall–Kier alpha value is -1.64. The van der Waals surface area contributed by atoms with Gasteiger partial charge in [0.1, 0.15) is 5.60 Å². The van der Waals surface area contributed by atoms with Crippen molar-refractivity contribution >= 4 is 0 Å². The van der Waals surface area contributed by atoms with Gasteiger partial charge in [-0.05, 0) is 18.1 Å². The topological polar surface area (TPSA) is 12.5 Å². The molecule has 1 aliphatic heterocycles. The van der Waals surface area contributed by atoms with Crippen molar-refractivity contribution in [3.8, 4) is 0 Å². The molecule has 0 unspecified atom stereocenters. The summed E-state index contributed by atoms with van der Waals surface area (Å²) in [6.45, 7) is 2.17. The third kappa shape index (κ3) is 2.29. The Kier molecular flexibility index (Phi) is 3.13. The lowest BCUT2D eigenvalue weighted by molar-refractivity contribution is -0.188. The molecule has 0 aromatic heterocycles. The summed E-state index contributed by atoms with van der Waals surface area (Å²) in [6, 6.07) is 21.3. The van der Waals surface area contributed by atoms with Gasteiger partial charge >= 0.3 is 0 Å². The zero-order valence-corrected chi connectivity index (χ0v) is 11.4. The summed E-state index contributed by atoms with van der Waals surface area (Å²) in [7, 11) is 2.02. The molecular formula is C17H19NO.